The van der Waals surface area contributed by atoms with Gasteiger partial charge in [-0.3, -0.25) is 29.0 Å². The van der Waals surface area contributed by atoms with Crippen molar-refractivity contribution in [3.8, 4) is 17.2 Å². The molecule has 2 aliphatic heterocycles. The number of carbonyl (C=O) groups excluding carboxylic acids is 4. The molecule has 2 heterocycles. The van der Waals surface area contributed by atoms with Gasteiger partial charge in [0.15, 0.2) is 9.75 Å². The van der Waals surface area contributed by atoms with Gasteiger partial charge in [-0.25, -0.2) is 0 Å². The van der Waals surface area contributed by atoms with Gasteiger partial charge in [-0.2, -0.15) is 0 Å². The quantitative estimate of drug-likeness (QED) is 0.332. The highest BCUT2D eigenvalue weighted by atomic mass is 35.5. The number of carbonyl (C=O) groups is 4. The van der Waals surface area contributed by atoms with Crippen LogP contribution in [0.25, 0.3) is 0 Å². The fraction of sp³-hybridized carbons (Fsp3) is 0.379. The van der Waals surface area contributed by atoms with Crippen molar-refractivity contribution in [1.29, 1.82) is 0 Å². The van der Waals surface area contributed by atoms with Crippen LogP contribution in [0.2, 0.25) is 0 Å². The Morgan fingerprint density at radius 1 is 0.950 bits per heavy atom. The first-order valence-electron chi connectivity index (χ1n) is 12.8. The van der Waals surface area contributed by atoms with E-state index in [1.54, 1.807) is 36.4 Å². The number of imide groups is 2. The number of amides is 4. The minimum Gasteiger partial charge on any atom is -0.507 e. The molecule has 0 bridgehead atoms. The summed E-state index contributed by atoms with van der Waals surface area (Å²) in [6.07, 6.45) is 1.87. The topological polar surface area (TPSA) is 113 Å². The van der Waals surface area contributed by atoms with Gasteiger partial charge in [-0.15, -0.1) is 23.2 Å². The zero-order valence-corrected chi connectivity index (χ0v) is 23.4. The van der Waals surface area contributed by atoms with Crippen LogP contribution in [0.5, 0.6) is 17.2 Å². The van der Waals surface area contributed by atoms with Crippen molar-refractivity contribution in [3.05, 3.63) is 59.7 Å². The van der Waals surface area contributed by atoms with Crippen molar-refractivity contribution in [1.82, 2.24) is 4.90 Å². The number of para-hydroxylation sites is 1. The number of methoxy groups -OCH3 is 2. The van der Waals surface area contributed by atoms with Crippen LogP contribution in [-0.2, 0) is 19.2 Å². The highest BCUT2D eigenvalue weighted by molar-refractivity contribution is 6.53. The van der Waals surface area contributed by atoms with E-state index in [-0.39, 0.29) is 35.8 Å². The molecule has 0 spiro atoms. The number of rotatable bonds is 4. The van der Waals surface area contributed by atoms with E-state index < -0.39 is 51.1 Å². The van der Waals surface area contributed by atoms with Crippen LogP contribution >= 0.6 is 23.2 Å². The maximum absolute atomic E-state index is 14.0. The second-order valence-electron chi connectivity index (χ2n) is 10.6. The number of aromatic hydroxyl groups is 1. The number of halogens is 2. The predicted octanol–water partition coefficient (Wildman–Crippen LogP) is 3.60. The SMILES string of the molecule is COc1cc(O)c([C@H]2C3=CC[C@@H]4C(=O)N(c5ccccc5)C(=O)[C@@H]4[C@@H]3C[C@@]3(Cl)C(=O)N(C)C(=O)[C@@]23Cl)c(OC)c1. The summed E-state index contributed by atoms with van der Waals surface area (Å²) in [5, 5.41) is 11.3. The third-order valence-electron chi connectivity index (χ3n) is 8.87. The molecule has 2 aromatic carbocycles. The number of nitrogens with zero attached hydrogens (tertiary/aromatic N) is 2. The maximum Gasteiger partial charge on any atom is 0.253 e. The van der Waals surface area contributed by atoms with Crippen molar-refractivity contribution >= 4 is 52.5 Å². The number of hydrogen-bond donors (Lipinski definition) is 1. The lowest BCUT2D eigenvalue weighted by atomic mass is 9.56. The van der Waals surface area contributed by atoms with Crippen molar-refractivity contribution in [2.75, 3.05) is 26.2 Å². The molecule has 2 aliphatic carbocycles. The molecular weight excluding hydrogens is 559 g/mol. The van der Waals surface area contributed by atoms with E-state index in [0.717, 1.165) is 4.90 Å². The number of fused-ring (bicyclic) bond motifs is 4. The standard InChI is InChI=1S/C29H26Cl2N2O7/c1-32-26(37)28(30)13-18-16(9-10-17-21(18)25(36)33(24(17)35)14-7-5-4-6-8-14)23(29(28,31)27(32)38)22-19(34)11-15(39-2)12-20(22)40-3/h4-9,11-12,17-18,21,23,34H,10,13H2,1-3H3/t17-,18+,21-,23+,28+,29-/m0/s1. The number of ether oxygens (including phenoxy) is 2. The average molecular weight is 585 g/mol. The molecule has 1 N–H and O–H groups in total. The molecule has 1 saturated carbocycles. The van der Waals surface area contributed by atoms with Crippen LogP contribution in [-0.4, -0.2) is 64.7 Å². The van der Waals surface area contributed by atoms with Crippen molar-refractivity contribution in [2.24, 2.45) is 17.8 Å². The Balaban J connectivity index is 1.57. The van der Waals surface area contributed by atoms with Gasteiger partial charge in [0.25, 0.3) is 11.8 Å². The normalized spacial score (nSPS) is 33.0. The fourth-order valence-corrected chi connectivity index (χ4v) is 8.06. The Labute approximate surface area is 240 Å². The van der Waals surface area contributed by atoms with Crippen LogP contribution in [0.15, 0.2) is 54.1 Å². The number of phenols is 1. The highest BCUT2D eigenvalue weighted by Crippen LogP contribution is 2.67. The summed E-state index contributed by atoms with van der Waals surface area (Å²) in [5.41, 5.74) is 1.15. The van der Waals surface area contributed by atoms with Gasteiger partial charge in [0.2, 0.25) is 11.8 Å². The zero-order chi connectivity index (χ0) is 28.7. The van der Waals surface area contributed by atoms with Crippen LogP contribution in [0.1, 0.15) is 24.3 Å². The van der Waals surface area contributed by atoms with E-state index in [1.165, 1.54) is 38.3 Å². The van der Waals surface area contributed by atoms with Crippen LogP contribution < -0.4 is 14.4 Å². The number of allylic oxidation sites excluding steroid dienone is 2. The number of likely N-dealkylation sites (tertiary alicyclic amines) is 1. The largest absolute Gasteiger partial charge is 0.507 e. The molecule has 40 heavy (non-hydrogen) atoms. The molecule has 0 radical (unpaired) electrons. The molecule has 3 fully saturated rings. The summed E-state index contributed by atoms with van der Waals surface area (Å²) in [6.45, 7) is 0. The van der Waals surface area contributed by atoms with E-state index in [2.05, 4.69) is 0 Å². The Hall–Kier alpha value is -3.56. The first-order chi connectivity index (χ1) is 19.0. The molecule has 9 nitrogen and oxygen atoms in total. The average Bonchev–Trinajstić information content (AvgIpc) is 3.28. The number of benzene rings is 2. The summed E-state index contributed by atoms with van der Waals surface area (Å²) in [7, 11) is 4.13. The first-order valence-corrected chi connectivity index (χ1v) is 13.5. The molecule has 0 aromatic heterocycles. The third-order valence-corrected chi connectivity index (χ3v) is 10.3. The van der Waals surface area contributed by atoms with E-state index in [4.69, 9.17) is 32.7 Å². The van der Waals surface area contributed by atoms with E-state index >= 15 is 0 Å². The van der Waals surface area contributed by atoms with Crippen molar-refractivity contribution in [2.45, 2.75) is 28.5 Å². The smallest absolute Gasteiger partial charge is 0.253 e. The van der Waals surface area contributed by atoms with E-state index in [9.17, 15) is 24.3 Å². The lowest BCUT2D eigenvalue weighted by molar-refractivity contribution is -0.138. The molecule has 4 amide bonds. The molecule has 4 aliphatic rings. The zero-order valence-electron chi connectivity index (χ0n) is 21.9. The minimum atomic E-state index is -2.04. The number of anilines is 1. The number of hydrogen-bond acceptors (Lipinski definition) is 7. The van der Waals surface area contributed by atoms with E-state index in [0.29, 0.717) is 17.0 Å². The molecule has 6 rings (SSSR count). The lowest BCUT2D eigenvalue weighted by Crippen LogP contribution is -2.60. The van der Waals surface area contributed by atoms with E-state index in [1.807, 2.05) is 0 Å². The van der Waals surface area contributed by atoms with Crippen LogP contribution in [0, 0.1) is 17.8 Å². The summed E-state index contributed by atoms with van der Waals surface area (Å²) >= 11 is 14.4. The first kappa shape index (κ1) is 26.7. The molecule has 6 atom stereocenters. The molecule has 2 saturated heterocycles. The van der Waals surface area contributed by atoms with Crippen LogP contribution in [0.3, 0.4) is 0 Å². The van der Waals surface area contributed by atoms with Gasteiger partial charge < -0.3 is 14.6 Å². The summed E-state index contributed by atoms with van der Waals surface area (Å²) in [6, 6.07) is 11.5. The molecule has 2 aromatic rings. The summed E-state index contributed by atoms with van der Waals surface area (Å²) in [4.78, 5) is 52.9. The monoisotopic (exact) mass is 584 g/mol. The van der Waals surface area contributed by atoms with Crippen LogP contribution in [0.4, 0.5) is 5.69 Å². The van der Waals surface area contributed by atoms with Gasteiger partial charge in [0, 0.05) is 30.7 Å². The lowest BCUT2D eigenvalue weighted by Gasteiger charge is -2.51. The number of alkyl halides is 2. The van der Waals surface area contributed by atoms with Crippen molar-refractivity contribution in [3.63, 3.8) is 0 Å². The summed E-state index contributed by atoms with van der Waals surface area (Å²) < 4.78 is 10.9. The third kappa shape index (κ3) is 3.22. The van der Waals surface area contributed by atoms with Crippen molar-refractivity contribution < 1.29 is 33.8 Å². The Kier molecular flexibility index (Phi) is 5.98. The minimum absolute atomic E-state index is 0.142. The van der Waals surface area contributed by atoms with Gasteiger partial charge in [0.1, 0.15) is 17.2 Å². The second-order valence-corrected chi connectivity index (χ2v) is 11.8. The van der Waals surface area contributed by atoms with Gasteiger partial charge in [-0.05, 0) is 30.9 Å². The molecule has 208 valence electrons. The Morgan fingerprint density at radius 3 is 2.30 bits per heavy atom. The van der Waals surface area contributed by atoms with Gasteiger partial charge >= 0.3 is 0 Å². The number of phenolic OH excluding ortho intramolecular Hbond substituents is 1. The van der Waals surface area contributed by atoms with Gasteiger partial charge in [-0.1, -0.05) is 29.8 Å². The molecular formula is C29H26Cl2N2O7. The second kappa shape index (κ2) is 8.97. The Bertz CT molecular complexity index is 1510. The maximum atomic E-state index is 14.0. The predicted molar refractivity (Wildman–Crippen MR) is 146 cm³/mol. The summed E-state index contributed by atoms with van der Waals surface area (Å²) in [5.74, 6) is -5.38. The van der Waals surface area contributed by atoms with Gasteiger partial charge in [0.05, 0.1) is 31.7 Å². The molecule has 0 unspecified atom stereocenters. The highest BCUT2D eigenvalue weighted by Gasteiger charge is 2.76. The Morgan fingerprint density at radius 2 is 1.65 bits per heavy atom. The molecule has 11 heteroatoms. The fourth-order valence-electron chi connectivity index (χ4n) is 7.06.